The Balaban J connectivity index is 1.74. The van der Waals surface area contributed by atoms with Crippen molar-refractivity contribution >= 4 is 11.7 Å². The molecule has 0 aliphatic heterocycles. The van der Waals surface area contributed by atoms with Crippen LogP contribution in [0.1, 0.15) is 36.0 Å². The second-order valence-electron chi connectivity index (χ2n) is 6.22. The standard InChI is InChI=1S/C21H23N3O/c1-3-19(18-7-5-4-6-8-18)21(25)23-20-13-14-22-24(20)15-17-11-9-16(2)10-12-17/h4-14,19H,3,15H2,1-2H3,(H,23,25). The molecule has 25 heavy (non-hydrogen) atoms. The fourth-order valence-corrected chi connectivity index (χ4v) is 2.90. The molecule has 128 valence electrons. The molecule has 1 aromatic heterocycles. The van der Waals surface area contributed by atoms with E-state index in [1.54, 1.807) is 6.20 Å². The molecule has 0 fully saturated rings. The Kier molecular flexibility index (Phi) is 5.29. The molecule has 0 radical (unpaired) electrons. The molecule has 1 heterocycles. The van der Waals surface area contributed by atoms with E-state index in [2.05, 4.69) is 41.6 Å². The molecule has 1 unspecified atom stereocenters. The van der Waals surface area contributed by atoms with E-state index in [9.17, 15) is 4.79 Å². The Hall–Kier alpha value is -2.88. The summed E-state index contributed by atoms with van der Waals surface area (Å²) in [5.41, 5.74) is 3.42. The highest BCUT2D eigenvalue weighted by molar-refractivity contribution is 5.95. The highest BCUT2D eigenvalue weighted by Gasteiger charge is 2.19. The fraction of sp³-hybridized carbons (Fsp3) is 0.238. The van der Waals surface area contributed by atoms with E-state index in [-0.39, 0.29) is 11.8 Å². The number of nitrogens with zero attached hydrogens (tertiary/aromatic N) is 2. The van der Waals surface area contributed by atoms with Gasteiger partial charge >= 0.3 is 0 Å². The number of carbonyl (C=O) groups excluding carboxylic acids is 1. The summed E-state index contributed by atoms with van der Waals surface area (Å²) in [5.74, 6) is 0.559. The molecule has 1 amide bonds. The second-order valence-corrected chi connectivity index (χ2v) is 6.22. The van der Waals surface area contributed by atoms with Crippen LogP contribution in [-0.4, -0.2) is 15.7 Å². The Bertz CT molecular complexity index is 822. The Labute approximate surface area is 148 Å². The number of aromatic nitrogens is 2. The molecule has 0 spiro atoms. The SMILES string of the molecule is CCC(C(=O)Nc1ccnn1Cc1ccc(C)cc1)c1ccccc1. The van der Waals surface area contributed by atoms with Gasteiger partial charge in [0.1, 0.15) is 5.82 Å². The second kappa shape index (κ2) is 7.79. The molecule has 0 aliphatic rings. The van der Waals surface area contributed by atoms with E-state index in [1.165, 1.54) is 5.56 Å². The van der Waals surface area contributed by atoms with Gasteiger partial charge in [-0.25, -0.2) is 4.68 Å². The Morgan fingerprint density at radius 1 is 1.08 bits per heavy atom. The van der Waals surface area contributed by atoms with Gasteiger partial charge in [-0.05, 0) is 24.5 Å². The van der Waals surface area contributed by atoms with Crippen LogP contribution >= 0.6 is 0 Å². The molecular weight excluding hydrogens is 310 g/mol. The van der Waals surface area contributed by atoms with Crippen molar-refractivity contribution in [2.24, 2.45) is 0 Å². The summed E-state index contributed by atoms with van der Waals surface area (Å²) < 4.78 is 1.82. The minimum atomic E-state index is -0.163. The number of nitrogens with one attached hydrogen (secondary N) is 1. The van der Waals surface area contributed by atoms with Gasteiger partial charge in [0, 0.05) is 6.07 Å². The molecule has 4 heteroatoms. The lowest BCUT2D eigenvalue weighted by Gasteiger charge is -2.16. The quantitative estimate of drug-likeness (QED) is 0.728. The average molecular weight is 333 g/mol. The lowest BCUT2D eigenvalue weighted by atomic mass is 9.96. The van der Waals surface area contributed by atoms with Gasteiger partial charge in [0.15, 0.2) is 0 Å². The molecule has 2 aromatic carbocycles. The van der Waals surface area contributed by atoms with Crippen LogP contribution in [0.3, 0.4) is 0 Å². The number of carbonyl (C=O) groups is 1. The first-order valence-corrected chi connectivity index (χ1v) is 8.60. The predicted octanol–water partition coefficient (Wildman–Crippen LogP) is 4.37. The Morgan fingerprint density at radius 3 is 2.48 bits per heavy atom. The van der Waals surface area contributed by atoms with Crippen LogP contribution < -0.4 is 5.32 Å². The van der Waals surface area contributed by atoms with Crippen molar-refractivity contribution < 1.29 is 4.79 Å². The molecule has 0 bridgehead atoms. The normalized spacial score (nSPS) is 11.9. The largest absolute Gasteiger partial charge is 0.310 e. The van der Waals surface area contributed by atoms with Crippen LogP contribution in [0.25, 0.3) is 0 Å². The number of hydrogen-bond donors (Lipinski definition) is 1. The first kappa shape index (κ1) is 17.0. The zero-order valence-electron chi connectivity index (χ0n) is 14.6. The predicted molar refractivity (Wildman–Crippen MR) is 101 cm³/mol. The van der Waals surface area contributed by atoms with Crippen molar-refractivity contribution in [1.29, 1.82) is 0 Å². The van der Waals surface area contributed by atoms with Gasteiger partial charge in [0.2, 0.25) is 5.91 Å². The monoisotopic (exact) mass is 333 g/mol. The van der Waals surface area contributed by atoms with Crippen molar-refractivity contribution in [3.8, 4) is 0 Å². The maximum Gasteiger partial charge on any atom is 0.233 e. The van der Waals surface area contributed by atoms with Crippen LogP contribution in [0, 0.1) is 6.92 Å². The number of hydrogen-bond acceptors (Lipinski definition) is 2. The molecule has 1 N–H and O–H groups in total. The average Bonchev–Trinajstić information content (AvgIpc) is 3.05. The van der Waals surface area contributed by atoms with Crippen LogP contribution in [0.2, 0.25) is 0 Å². The Morgan fingerprint density at radius 2 is 1.80 bits per heavy atom. The lowest BCUT2D eigenvalue weighted by Crippen LogP contribution is -2.22. The van der Waals surface area contributed by atoms with Gasteiger partial charge in [0.25, 0.3) is 0 Å². The first-order valence-electron chi connectivity index (χ1n) is 8.60. The zero-order chi connectivity index (χ0) is 17.6. The molecule has 3 rings (SSSR count). The molecule has 4 nitrogen and oxygen atoms in total. The number of aryl methyl sites for hydroxylation is 1. The van der Waals surface area contributed by atoms with Crippen molar-refractivity contribution in [2.75, 3.05) is 5.32 Å². The van der Waals surface area contributed by atoms with Crippen LogP contribution in [0.5, 0.6) is 0 Å². The highest BCUT2D eigenvalue weighted by atomic mass is 16.2. The van der Waals surface area contributed by atoms with E-state index in [1.807, 2.05) is 48.0 Å². The molecule has 1 atom stereocenters. The minimum absolute atomic E-state index is 0.000596. The molecular formula is C21H23N3O. The number of anilines is 1. The summed E-state index contributed by atoms with van der Waals surface area (Å²) >= 11 is 0. The number of amides is 1. The van der Waals surface area contributed by atoms with Crippen LogP contribution in [-0.2, 0) is 11.3 Å². The number of rotatable bonds is 6. The summed E-state index contributed by atoms with van der Waals surface area (Å²) in [5, 5.41) is 7.38. The van der Waals surface area contributed by atoms with Crippen molar-refractivity contribution in [1.82, 2.24) is 9.78 Å². The topological polar surface area (TPSA) is 46.9 Å². The van der Waals surface area contributed by atoms with E-state index in [0.29, 0.717) is 6.54 Å². The summed E-state index contributed by atoms with van der Waals surface area (Å²) in [4.78, 5) is 12.7. The van der Waals surface area contributed by atoms with Crippen molar-refractivity contribution in [2.45, 2.75) is 32.7 Å². The molecule has 0 saturated heterocycles. The van der Waals surface area contributed by atoms with Gasteiger partial charge in [-0.15, -0.1) is 0 Å². The van der Waals surface area contributed by atoms with Gasteiger partial charge in [-0.1, -0.05) is 67.1 Å². The fourth-order valence-electron chi connectivity index (χ4n) is 2.90. The van der Waals surface area contributed by atoms with E-state index in [0.717, 1.165) is 23.4 Å². The third-order valence-corrected chi connectivity index (χ3v) is 4.35. The minimum Gasteiger partial charge on any atom is -0.310 e. The van der Waals surface area contributed by atoms with E-state index >= 15 is 0 Å². The summed E-state index contributed by atoms with van der Waals surface area (Å²) in [6.45, 7) is 4.73. The van der Waals surface area contributed by atoms with E-state index in [4.69, 9.17) is 0 Å². The van der Waals surface area contributed by atoms with Gasteiger partial charge in [-0.3, -0.25) is 4.79 Å². The molecule has 0 aliphatic carbocycles. The zero-order valence-corrected chi connectivity index (χ0v) is 14.6. The van der Waals surface area contributed by atoms with Crippen molar-refractivity contribution in [3.63, 3.8) is 0 Å². The number of benzene rings is 2. The van der Waals surface area contributed by atoms with Crippen LogP contribution in [0.15, 0.2) is 66.9 Å². The first-order chi connectivity index (χ1) is 12.2. The summed E-state index contributed by atoms with van der Waals surface area (Å²) in [7, 11) is 0. The van der Waals surface area contributed by atoms with Gasteiger partial charge in [-0.2, -0.15) is 5.10 Å². The van der Waals surface area contributed by atoms with E-state index < -0.39 is 0 Å². The highest BCUT2D eigenvalue weighted by Crippen LogP contribution is 2.21. The van der Waals surface area contributed by atoms with Crippen LogP contribution in [0.4, 0.5) is 5.82 Å². The molecule has 0 saturated carbocycles. The third-order valence-electron chi connectivity index (χ3n) is 4.35. The lowest BCUT2D eigenvalue weighted by molar-refractivity contribution is -0.117. The van der Waals surface area contributed by atoms with Gasteiger partial charge < -0.3 is 5.32 Å². The van der Waals surface area contributed by atoms with Gasteiger partial charge in [0.05, 0.1) is 18.7 Å². The third kappa shape index (κ3) is 4.15. The maximum atomic E-state index is 12.7. The molecule has 3 aromatic rings. The van der Waals surface area contributed by atoms with Crippen molar-refractivity contribution in [3.05, 3.63) is 83.6 Å². The summed E-state index contributed by atoms with van der Waals surface area (Å²) in [6.07, 6.45) is 2.47. The maximum absolute atomic E-state index is 12.7. The smallest absolute Gasteiger partial charge is 0.233 e. The summed E-state index contributed by atoms with van der Waals surface area (Å²) in [6, 6.07) is 20.1.